The molecule has 0 spiro atoms. The second-order valence-electron chi connectivity index (χ2n) is 4.44. The molecule has 2 aromatic rings. The third-order valence-electron chi connectivity index (χ3n) is 2.85. The zero-order chi connectivity index (χ0) is 15.2. The Morgan fingerprint density at radius 2 is 1.95 bits per heavy atom. The van der Waals surface area contributed by atoms with Crippen molar-refractivity contribution in [3.05, 3.63) is 59.4 Å². The third kappa shape index (κ3) is 4.49. The van der Waals surface area contributed by atoms with Crippen molar-refractivity contribution in [2.75, 3.05) is 12.4 Å². The highest BCUT2D eigenvalue weighted by Gasteiger charge is 2.06. The SMILES string of the molecule is Cc1cc(C(=O)O)ccc1OCCSc1ccc(F)cc1. The van der Waals surface area contributed by atoms with Crippen LogP contribution in [0.2, 0.25) is 0 Å². The standard InChI is InChI=1S/C16H15FO3S/c1-11-10-12(16(18)19)2-7-15(11)20-8-9-21-14-5-3-13(17)4-6-14/h2-7,10H,8-9H2,1H3,(H,18,19). The number of aryl methyl sites for hydroxylation is 1. The van der Waals surface area contributed by atoms with E-state index in [1.54, 1.807) is 36.0 Å². The Kier molecular flexibility index (Phi) is 5.22. The molecule has 5 heteroatoms. The lowest BCUT2D eigenvalue weighted by Gasteiger charge is -2.09. The predicted octanol–water partition coefficient (Wildman–Crippen LogP) is 4.00. The third-order valence-corrected chi connectivity index (χ3v) is 3.82. The quantitative estimate of drug-likeness (QED) is 0.647. The van der Waals surface area contributed by atoms with E-state index in [9.17, 15) is 9.18 Å². The monoisotopic (exact) mass is 306 g/mol. The maximum absolute atomic E-state index is 12.8. The number of ether oxygens (including phenoxy) is 1. The van der Waals surface area contributed by atoms with Crippen LogP contribution in [0, 0.1) is 12.7 Å². The molecule has 3 nitrogen and oxygen atoms in total. The van der Waals surface area contributed by atoms with Crippen LogP contribution in [0.15, 0.2) is 47.4 Å². The lowest BCUT2D eigenvalue weighted by atomic mass is 10.1. The molecule has 0 amide bonds. The van der Waals surface area contributed by atoms with Gasteiger partial charge in [0.2, 0.25) is 0 Å². The average Bonchev–Trinajstić information content (AvgIpc) is 2.46. The van der Waals surface area contributed by atoms with Crippen LogP contribution in [0.25, 0.3) is 0 Å². The van der Waals surface area contributed by atoms with E-state index in [-0.39, 0.29) is 11.4 Å². The van der Waals surface area contributed by atoms with Crippen LogP contribution < -0.4 is 4.74 Å². The Labute approximate surface area is 126 Å². The van der Waals surface area contributed by atoms with Crippen LogP contribution in [0.4, 0.5) is 4.39 Å². The van der Waals surface area contributed by atoms with Crippen molar-refractivity contribution < 1.29 is 19.0 Å². The van der Waals surface area contributed by atoms with E-state index in [2.05, 4.69) is 0 Å². The van der Waals surface area contributed by atoms with Gasteiger partial charge in [0.1, 0.15) is 11.6 Å². The number of rotatable bonds is 6. The van der Waals surface area contributed by atoms with Crippen molar-refractivity contribution in [3.8, 4) is 5.75 Å². The number of thioether (sulfide) groups is 1. The Morgan fingerprint density at radius 3 is 2.57 bits per heavy atom. The lowest BCUT2D eigenvalue weighted by molar-refractivity contribution is 0.0696. The number of aromatic carboxylic acids is 1. The van der Waals surface area contributed by atoms with Crippen molar-refractivity contribution in [3.63, 3.8) is 0 Å². The topological polar surface area (TPSA) is 46.5 Å². The smallest absolute Gasteiger partial charge is 0.335 e. The van der Waals surface area contributed by atoms with E-state index in [0.29, 0.717) is 12.4 Å². The van der Waals surface area contributed by atoms with E-state index in [4.69, 9.17) is 9.84 Å². The summed E-state index contributed by atoms with van der Waals surface area (Å²) in [6.07, 6.45) is 0. The first-order chi connectivity index (χ1) is 10.1. The maximum atomic E-state index is 12.8. The van der Waals surface area contributed by atoms with Gasteiger partial charge in [0.15, 0.2) is 0 Å². The molecule has 0 saturated heterocycles. The zero-order valence-electron chi connectivity index (χ0n) is 11.5. The Morgan fingerprint density at radius 1 is 1.24 bits per heavy atom. The summed E-state index contributed by atoms with van der Waals surface area (Å²) in [6.45, 7) is 2.31. The fraction of sp³-hybridized carbons (Fsp3) is 0.188. The van der Waals surface area contributed by atoms with Gasteiger partial charge in [-0.3, -0.25) is 0 Å². The van der Waals surface area contributed by atoms with Crippen LogP contribution in [0.1, 0.15) is 15.9 Å². The highest BCUT2D eigenvalue weighted by atomic mass is 32.2. The number of benzene rings is 2. The summed E-state index contributed by atoms with van der Waals surface area (Å²) in [5, 5.41) is 8.89. The molecule has 2 rings (SSSR count). The highest BCUT2D eigenvalue weighted by Crippen LogP contribution is 2.21. The molecule has 0 fully saturated rings. The average molecular weight is 306 g/mol. The Balaban J connectivity index is 1.83. The highest BCUT2D eigenvalue weighted by molar-refractivity contribution is 7.99. The molecule has 0 heterocycles. The molecule has 0 aliphatic carbocycles. The lowest BCUT2D eigenvalue weighted by Crippen LogP contribution is -2.03. The Bertz CT molecular complexity index is 626. The minimum Gasteiger partial charge on any atom is -0.492 e. The molecule has 110 valence electrons. The fourth-order valence-corrected chi connectivity index (χ4v) is 2.52. The largest absolute Gasteiger partial charge is 0.492 e. The first-order valence-corrected chi connectivity index (χ1v) is 7.40. The van der Waals surface area contributed by atoms with E-state index in [0.717, 1.165) is 16.2 Å². The number of carbonyl (C=O) groups is 1. The van der Waals surface area contributed by atoms with E-state index >= 15 is 0 Å². The molecular weight excluding hydrogens is 291 g/mol. The molecule has 0 aliphatic heterocycles. The number of carboxylic acid groups (broad SMARTS) is 1. The van der Waals surface area contributed by atoms with Crippen LogP contribution in [-0.2, 0) is 0 Å². The molecule has 0 bridgehead atoms. The predicted molar refractivity (Wildman–Crippen MR) is 80.8 cm³/mol. The normalized spacial score (nSPS) is 10.4. The fourth-order valence-electron chi connectivity index (χ4n) is 1.79. The van der Waals surface area contributed by atoms with Gasteiger partial charge in [0, 0.05) is 10.6 Å². The first-order valence-electron chi connectivity index (χ1n) is 6.41. The second-order valence-corrected chi connectivity index (χ2v) is 5.60. The van der Waals surface area contributed by atoms with Crippen LogP contribution >= 0.6 is 11.8 Å². The maximum Gasteiger partial charge on any atom is 0.335 e. The first kappa shape index (κ1) is 15.4. The molecule has 2 aromatic carbocycles. The molecule has 0 aromatic heterocycles. The number of carboxylic acids is 1. The number of halogens is 1. The van der Waals surface area contributed by atoms with Crippen molar-refractivity contribution in [2.45, 2.75) is 11.8 Å². The molecule has 21 heavy (non-hydrogen) atoms. The summed E-state index contributed by atoms with van der Waals surface area (Å²) in [5.74, 6) is 0.215. The molecule has 0 saturated carbocycles. The zero-order valence-corrected chi connectivity index (χ0v) is 12.3. The van der Waals surface area contributed by atoms with Crippen molar-refractivity contribution in [2.24, 2.45) is 0 Å². The number of hydrogen-bond donors (Lipinski definition) is 1. The van der Waals surface area contributed by atoms with Gasteiger partial charge in [-0.25, -0.2) is 9.18 Å². The summed E-state index contributed by atoms with van der Waals surface area (Å²) >= 11 is 1.58. The summed E-state index contributed by atoms with van der Waals surface area (Å²) in [4.78, 5) is 11.8. The van der Waals surface area contributed by atoms with Gasteiger partial charge in [-0.15, -0.1) is 11.8 Å². The van der Waals surface area contributed by atoms with Crippen molar-refractivity contribution >= 4 is 17.7 Å². The van der Waals surface area contributed by atoms with Gasteiger partial charge in [-0.05, 0) is 55.0 Å². The van der Waals surface area contributed by atoms with E-state index in [1.807, 2.05) is 6.92 Å². The Hall–Kier alpha value is -2.01. The van der Waals surface area contributed by atoms with Crippen LogP contribution in [0.3, 0.4) is 0 Å². The summed E-state index contributed by atoms with van der Waals surface area (Å²) in [6, 6.07) is 11.1. The molecular formula is C16H15FO3S. The van der Waals surface area contributed by atoms with Gasteiger partial charge in [-0.2, -0.15) is 0 Å². The summed E-state index contributed by atoms with van der Waals surface area (Å²) < 4.78 is 18.4. The minimum absolute atomic E-state index is 0.246. The van der Waals surface area contributed by atoms with Gasteiger partial charge >= 0.3 is 5.97 Å². The van der Waals surface area contributed by atoms with Gasteiger partial charge in [-0.1, -0.05) is 0 Å². The summed E-state index contributed by atoms with van der Waals surface area (Å²) in [7, 11) is 0. The van der Waals surface area contributed by atoms with Crippen molar-refractivity contribution in [1.82, 2.24) is 0 Å². The minimum atomic E-state index is -0.948. The second kappa shape index (κ2) is 7.13. The molecule has 0 atom stereocenters. The molecule has 0 unspecified atom stereocenters. The van der Waals surface area contributed by atoms with Gasteiger partial charge < -0.3 is 9.84 Å². The molecule has 1 N–H and O–H groups in total. The van der Waals surface area contributed by atoms with E-state index < -0.39 is 5.97 Å². The van der Waals surface area contributed by atoms with Crippen LogP contribution in [-0.4, -0.2) is 23.4 Å². The van der Waals surface area contributed by atoms with Gasteiger partial charge in [0.05, 0.1) is 12.2 Å². The van der Waals surface area contributed by atoms with E-state index in [1.165, 1.54) is 18.2 Å². The van der Waals surface area contributed by atoms with Crippen molar-refractivity contribution in [1.29, 1.82) is 0 Å². The van der Waals surface area contributed by atoms with Crippen LogP contribution in [0.5, 0.6) is 5.75 Å². The number of hydrogen-bond acceptors (Lipinski definition) is 3. The molecule has 0 radical (unpaired) electrons. The van der Waals surface area contributed by atoms with Gasteiger partial charge in [0.25, 0.3) is 0 Å². The molecule has 0 aliphatic rings. The summed E-state index contributed by atoms with van der Waals surface area (Å²) in [5.41, 5.74) is 1.04.